The van der Waals surface area contributed by atoms with Crippen LogP contribution < -0.4 is 10.0 Å². The van der Waals surface area contributed by atoms with Crippen LogP contribution in [-0.2, 0) is 10.0 Å². The number of anilines is 2. The fourth-order valence-corrected chi connectivity index (χ4v) is 4.71. The molecule has 0 aliphatic heterocycles. The van der Waals surface area contributed by atoms with Crippen molar-refractivity contribution in [3.8, 4) is 11.8 Å². The minimum atomic E-state index is -3.89. The average Bonchev–Trinajstić information content (AvgIpc) is 2.78. The Balaban J connectivity index is 1.73. The maximum Gasteiger partial charge on any atom is 0.264 e. The van der Waals surface area contributed by atoms with Crippen molar-refractivity contribution in [2.45, 2.75) is 11.8 Å². The topological polar surface area (TPSA) is 84.0 Å². The highest BCUT2D eigenvalue weighted by molar-refractivity contribution is 7.93. The fourth-order valence-electron chi connectivity index (χ4n) is 3.22. The summed E-state index contributed by atoms with van der Waals surface area (Å²) in [4.78, 5) is 8.62. The van der Waals surface area contributed by atoms with Gasteiger partial charge in [0.15, 0.2) is 0 Å². The van der Waals surface area contributed by atoms with Gasteiger partial charge >= 0.3 is 0 Å². The molecule has 6 nitrogen and oxygen atoms in total. The van der Waals surface area contributed by atoms with Crippen LogP contribution in [-0.4, -0.2) is 25.4 Å². The van der Waals surface area contributed by atoms with Crippen molar-refractivity contribution in [1.29, 1.82) is 0 Å². The van der Waals surface area contributed by atoms with Crippen molar-refractivity contribution < 1.29 is 8.42 Å². The van der Waals surface area contributed by atoms with Gasteiger partial charge in [-0.3, -0.25) is 14.7 Å². The number of aryl methyl sites for hydroxylation is 1. The molecule has 0 bridgehead atoms. The van der Waals surface area contributed by atoms with E-state index in [1.807, 2.05) is 31.3 Å². The smallest absolute Gasteiger partial charge is 0.264 e. The molecule has 0 radical (unpaired) electrons. The standard InChI is InChI=1S/C24H20N4O2S/c1-17-9-11-20-7-5-13-27-23(20)24(17)31(29,30)28-22-8-4-3-6-19(22)12-10-18-14-21(25-2)16-26-15-18/h3-9,11,13-16,25,28H,1-2H3. The molecular formula is C24H20N4O2S. The molecule has 4 rings (SSSR count). The Kier molecular flexibility index (Phi) is 5.56. The first-order valence-corrected chi connectivity index (χ1v) is 11.1. The van der Waals surface area contributed by atoms with Crippen molar-refractivity contribution in [2.24, 2.45) is 0 Å². The normalized spacial score (nSPS) is 10.9. The van der Waals surface area contributed by atoms with Crippen molar-refractivity contribution in [2.75, 3.05) is 17.1 Å². The second-order valence-electron chi connectivity index (χ2n) is 6.90. The summed E-state index contributed by atoms with van der Waals surface area (Å²) in [7, 11) is -2.08. The second kappa shape index (κ2) is 8.46. The molecule has 0 aliphatic carbocycles. The number of hydrogen-bond acceptors (Lipinski definition) is 5. The van der Waals surface area contributed by atoms with E-state index in [1.165, 1.54) is 0 Å². The van der Waals surface area contributed by atoms with E-state index in [4.69, 9.17) is 0 Å². The fraction of sp³-hybridized carbons (Fsp3) is 0.0833. The van der Waals surface area contributed by atoms with E-state index < -0.39 is 10.0 Å². The summed E-state index contributed by atoms with van der Waals surface area (Å²) in [5.41, 5.74) is 3.59. The molecule has 0 fully saturated rings. The number of fused-ring (bicyclic) bond motifs is 1. The first kappa shape index (κ1) is 20.4. The van der Waals surface area contributed by atoms with Crippen LogP contribution in [0.1, 0.15) is 16.7 Å². The van der Waals surface area contributed by atoms with Crippen molar-refractivity contribution >= 4 is 32.3 Å². The minimum absolute atomic E-state index is 0.166. The molecule has 31 heavy (non-hydrogen) atoms. The van der Waals surface area contributed by atoms with Gasteiger partial charge in [0.25, 0.3) is 10.0 Å². The number of para-hydroxylation sites is 1. The third-order valence-corrected chi connectivity index (χ3v) is 6.28. The quantitative estimate of drug-likeness (QED) is 0.477. The predicted octanol–water partition coefficient (Wildman–Crippen LogP) is 4.18. The minimum Gasteiger partial charge on any atom is -0.387 e. The third kappa shape index (κ3) is 4.34. The first-order valence-electron chi connectivity index (χ1n) is 9.59. The van der Waals surface area contributed by atoms with Crippen LogP contribution in [0.15, 0.2) is 78.1 Å². The number of pyridine rings is 2. The van der Waals surface area contributed by atoms with Gasteiger partial charge in [-0.05, 0) is 36.8 Å². The lowest BCUT2D eigenvalue weighted by molar-refractivity contribution is 0.601. The van der Waals surface area contributed by atoms with Gasteiger partial charge in [0, 0.05) is 36.0 Å². The number of hydrogen-bond donors (Lipinski definition) is 2. The Bertz CT molecular complexity index is 1440. The molecule has 7 heteroatoms. The Morgan fingerprint density at radius 1 is 0.968 bits per heavy atom. The molecule has 2 heterocycles. The monoisotopic (exact) mass is 428 g/mol. The molecule has 0 amide bonds. The lowest BCUT2D eigenvalue weighted by Crippen LogP contribution is -2.16. The molecule has 0 aliphatic rings. The lowest BCUT2D eigenvalue weighted by atomic mass is 10.1. The number of nitrogens with one attached hydrogen (secondary N) is 2. The van der Waals surface area contributed by atoms with E-state index in [2.05, 4.69) is 31.8 Å². The molecule has 0 saturated heterocycles. The third-order valence-electron chi connectivity index (χ3n) is 4.73. The van der Waals surface area contributed by atoms with Gasteiger partial charge in [-0.15, -0.1) is 0 Å². The highest BCUT2D eigenvalue weighted by atomic mass is 32.2. The van der Waals surface area contributed by atoms with Gasteiger partial charge in [-0.2, -0.15) is 0 Å². The van der Waals surface area contributed by atoms with E-state index in [0.717, 1.165) is 16.6 Å². The van der Waals surface area contributed by atoms with Crippen LogP contribution in [0.25, 0.3) is 10.9 Å². The molecule has 154 valence electrons. The second-order valence-corrected chi connectivity index (χ2v) is 8.52. The van der Waals surface area contributed by atoms with Gasteiger partial charge in [0.1, 0.15) is 4.90 Å². The molecule has 2 aromatic heterocycles. The van der Waals surface area contributed by atoms with Crippen LogP contribution >= 0.6 is 0 Å². The van der Waals surface area contributed by atoms with Gasteiger partial charge in [-0.1, -0.05) is 42.2 Å². The summed E-state index contributed by atoms with van der Waals surface area (Å²) < 4.78 is 29.4. The predicted molar refractivity (Wildman–Crippen MR) is 123 cm³/mol. The Labute approximate surface area is 181 Å². The zero-order valence-electron chi connectivity index (χ0n) is 17.0. The van der Waals surface area contributed by atoms with Crippen LogP contribution in [0.5, 0.6) is 0 Å². The summed E-state index contributed by atoms with van der Waals surface area (Å²) in [6.07, 6.45) is 4.95. The first-order chi connectivity index (χ1) is 15.0. The number of rotatable bonds is 4. The molecule has 0 atom stereocenters. The lowest BCUT2D eigenvalue weighted by Gasteiger charge is -2.13. The number of sulfonamides is 1. The van der Waals surface area contributed by atoms with E-state index in [9.17, 15) is 8.42 Å². The highest BCUT2D eigenvalue weighted by Gasteiger charge is 2.22. The molecule has 2 N–H and O–H groups in total. The van der Waals surface area contributed by atoms with E-state index >= 15 is 0 Å². The summed E-state index contributed by atoms with van der Waals surface area (Å²) >= 11 is 0. The van der Waals surface area contributed by atoms with Crippen LogP contribution in [0.4, 0.5) is 11.4 Å². The summed E-state index contributed by atoms with van der Waals surface area (Å²) in [6, 6.07) is 16.2. The van der Waals surface area contributed by atoms with Gasteiger partial charge < -0.3 is 5.32 Å². The maximum absolute atomic E-state index is 13.3. The van der Waals surface area contributed by atoms with Crippen LogP contribution in [0, 0.1) is 18.8 Å². The molecule has 0 unspecified atom stereocenters. The van der Waals surface area contributed by atoms with Gasteiger partial charge in [0.2, 0.25) is 0 Å². The zero-order chi connectivity index (χ0) is 21.8. The summed E-state index contributed by atoms with van der Waals surface area (Å²) in [5.74, 6) is 6.09. The molecule has 0 spiro atoms. The van der Waals surface area contributed by atoms with E-state index in [1.54, 1.807) is 55.8 Å². The molecule has 0 saturated carbocycles. The SMILES string of the molecule is CNc1cncc(C#Cc2ccccc2NS(=O)(=O)c2c(C)ccc3cccnc23)c1. The van der Waals surface area contributed by atoms with E-state index in [-0.39, 0.29) is 4.90 Å². The van der Waals surface area contributed by atoms with Gasteiger partial charge in [0.05, 0.1) is 23.1 Å². The maximum atomic E-state index is 13.3. The van der Waals surface area contributed by atoms with E-state index in [0.29, 0.717) is 22.3 Å². The number of aromatic nitrogens is 2. The average molecular weight is 429 g/mol. The van der Waals surface area contributed by atoms with Crippen molar-refractivity contribution in [3.63, 3.8) is 0 Å². The Hall–Kier alpha value is -3.89. The molecule has 4 aromatic rings. The van der Waals surface area contributed by atoms with Crippen molar-refractivity contribution in [3.05, 3.63) is 89.9 Å². The number of nitrogens with zero attached hydrogens (tertiary/aromatic N) is 2. The van der Waals surface area contributed by atoms with Gasteiger partial charge in [-0.25, -0.2) is 8.42 Å². The molecule has 2 aromatic carbocycles. The molecular weight excluding hydrogens is 408 g/mol. The largest absolute Gasteiger partial charge is 0.387 e. The zero-order valence-corrected chi connectivity index (χ0v) is 17.9. The van der Waals surface area contributed by atoms with Crippen molar-refractivity contribution in [1.82, 2.24) is 9.97 Å². The van der Waals surface area contributed by atoms with Crippen LogP contribution in [0.2, 0.25) is 0 Å². The Morgan fingerprint density at radius 3 is 2.65 bits per heavy atom. The Morgan fingerprint density at radius 2 is 1.81 bits per heavy atom. The highest BCUT2D eigenvalue weighted by Crippen LogP contribution is 2.27. The van der Waals surface area contributed by atoms with Crippen LogP contribution in [0.3, 0.4) is 0 Å². The summed E-state index contributed by atoms with van der Waals surface area (Å²) in [6.45, 7) is 1.76. The summed E-state index contributed by atoms with van der Waals surface area (Å²) in [5, 5.41) is 3.78. The number of benzene rings is 2.